The zero-order valence-corrected chi connectivity index (χ0v) is 11.4. The van der Waals surface area contributed by atoms with Crippen molar-refractivity contribution in [1.29, 1.82) is 0 Å². The number of alkyl halides is 3. The van der Waals surface area contributed by atoms with Gasteiger partial charge in [-0.3, -0.25) is 0 Å². The molecule has 1 nitrogen and oxygen atoms in total. The van der Waals surface area contributed by atoms with Crippen LogP contribution in [0.25, 0.3) is 6.08 Å². The SMILES string of the molecule is C=Cc1ccc(OC(C)C)cc1C(Cl)(Cl)Cl. The smallest absolute Gasteiger partial charge is 0.216 e. The van der Waals surface area contributed by atoms with Crippen molar-refractivity contribution >= 4 is 40.9 Å². The minimum absolute atomic E-state index is 0.0813. The molecule has 0 aliphatic heterocycles. The van der Waals surface area contributed by atoms with Crippen molar-refractivity contribution in [3.63, 3.8) is 0 Å². The molecule has 0 radical (unpaired) electrons. The van der Waals surface area contributed by atoms with Crippen molar-refractivity contribution in [1.82, 2.24) is 0 Å². The quantitative estimate of drug-likeness (QED) is 0.712. The summed E-state index contributed by atoms with van der Waals surface area (Å²) in [7, 11) is 0. The van der Waals surface area contributed by atoms with Crippen molar-refractivity contribution in [3.8, 4) is 5.75 Å². The predicted molar refractivity (Wildman–Crippen MR) is 71.5 cm³/mol. The van der Waals surface area contributed by atoms with Gasteiger partial charge in [-0.25, -0.2) is 0 Å². The molecule has 0 aromatic heterocycles. The standard InChI is InChI=1S/C12H13Cl3O/c1-4-9-5-6-10(16-8(2)3)7-11(9)12(13,14)15/h4-8H,1H2,2-3H3. The first-order valence-corrected chi connectivity index (χ1v) is 5.98. The van der Waals surface area contributed by atoms with Gasteiger partial charge in [0.15, 0.2) is 0 Å². The molecule has 0 aliphatic carbocycles. The molecule has 0 aliphatic rings. The molecule has 0 amide bonds. The number of benzene rings is 1. The zero-order valence-electron chi connectivity index (χ0n) is 9.14. The maximum Gasteiger partial charge on any atom is 0.216 e. The molecule has 16 heavy (non-hydrogen) atoms. The summed E-state index contributed by atoms with van der Waals surface area (Å²) >= 11 is 17.6. The molecule has 0 fully saturated rings. The highest BCUT2D eigenvalue weighted by Gasteiger charge is 2.25. The number of hydrogen-bond donors (Lipinski definition) is 0. The maximum absolute atomic E-state index is 5.88. The van der Waals surface area contributed by atoms with Gasteiger partial charge in [0.25, 0.3) is 0 Å². The second-order valence-corrected chi connectivity index (χ2v) is 5.90. The van der Waals surface area contributed by atoms with Gasteiger partial charge in [0.05, 0.1) is 6.10 Å². The first-order chi connectivity index (χ1) is 7.34. The molecule has 4 heteroatoms. The Kier molecular flexibility index (Phi) is 4.54. The summed E-state index contributed by atoms with van der Waals surface area (Å²) in [5, 5.41) is 0. The highest BCUT2D eigenvalue weighted by Crippen LogP contribution is 2.41. The Hall–Kier alpha value is -0.370. The van der Waals surface area contributed by atoms with Crippen molar-refractivity contribution in [2.45, 2.75) is 23.7 Å². The van der Waals surface area contributed by atoms with Crippen molar-refractivity contribution in [2.75, 3.05) is 0 Å². The molecule has 0 unspecified atom stereocenters. The topological polar surface area (TPSA) is 9.23 Å². The van der Waals surface area contributed by atoms with E-state index in [-0.39, 0.29) is 6.10 Å². The average Bonchev–Trinajstić information content (AvgIpc) is 2.15. The number of halogens is 3. The van der Waals surface area contributed by atoms with Gasteiger partial charge < -0.3 is 4.74 Å². The average molecular weight is 280 g/mol. The van der Waals surface area contributed by atoms with Crippen molar-refractivity contribution < 1.29 is 4.74 Å². The molecule has 0 atom stereocenters. The Morgan fingerprint density at radius 2 is 1.94 bits per heavy atom. The van der Waals surface area contributed by atoms with Crippen LogP contribution in [0.3, 0.4) is 0 Å². The highest BCUT2D eigenvalue weighted by molar-refractivity contribution is 6.66. The van der Waals surface area contributed by atoms with E-state index >= 15 is 0 Å². The van der Waals surface area contributed by atoms with Crippen LogP contribution in [0, 0.1) is 0 Å². The third-order valence-corrected chi connectivity index (χ3v) is 2.53. The van der Waals surface area contributed by atoms with Crippen LogP contribution in [0.4, 0.5) is 0 Å². The van der Waals surface area contributed by atoms with Gasteiger partial charge in [0, 0.05) is 5.56 Å². The molecule has 1 aromatic rings. The van der Waals surface area contributed by atoms with Gasteiger partial charge in [-0.05, 0) is 31.5 Å². The van der Waals surface area contributed by atoms with Crippen LogP contribution < -0.4 is 4.74 Å². The van der Waals surface area contributed by atoms with E-state index in [1.54, 1.807) is 12.1 Å². The normalized spacial score (nSPS) is 11.6. The minimum Gasteiger partial charge on any atom is -0.491 e. The fraction of sp³-hybridized carbons (Fsp3) is 0.333. The summed E-state index contributed by atoms with van der Waals surface area (Å²) < 4.78 is 4.07. The third kappa shape index (κ3) is 3.58. The fourth-order valence-electron chi connectivity index (χ4n) is 1.30. The molecule has 0 saturated heterocycles. The van der Waals surface area contributed by atoms with Gasteiger partial charge in [-0.2, -0.15) is 0 Å². The Labute approximate surface area is 111 Å². The van der Waals surface area contributed by atoms with Gasteiger partial charge in [-0.1, -0.05) is 53.5 Å². The lowest BCUT2D eigenvalue weighted by Crippen LogP contribution is -2.08. The van der Waals surface area contributed by atoms with E-state index < -0.39 is 3.79 Å². The fourth-order valence-corrected chi connectivity index (χ4v) is 1.80. The summed E-state index contributed by atoms with van der Waals surface area (Å²) in [6.45, 7) is 7.56. The molecule has 0 heterocycles. The monoisotopic (exact) mass is 278 g/mol. The number of hydrogen-bond acceptors (Lipinski definition) is 1. The number of ether oxygens (including phenoxy) is 1. The van der Waals surface area contributed by atoms with Crippen LogP contribution in [0.5, 0.6) is 5.75 Å². The minimum atomic E-state index is -1.47. The summed E-state index contributed by atoms with van der Waals surface area (Å²) in [4.78, 5) is 0. The van der Waals surface area contributed by atoms with Crippen LogP contribution in [0.15, 0.2) is 24.8 Å². The Morgan fingerprint density at radius 3 is 2.38 bits per heavy atom. The van der Waals surface area contributed by atoms with Crippen molar-refractivity contribution in [2.24, 2.45) is 0 Å². The predicted octanol–water partition coefficient (Wildman–Crippen LogP) is 4.94. The summed E-state index contributed by atoms with van der Waals surface area (Å²) in [5.74, 6) is 0.682. The van der Waals surface area contributed by atoms with Crippen LogP contribution in [-0.4, -0.2) is 6.10 Å². The van der Waals surface area contributed by atoms with Crippen LogP contribution in [0.2, 0.25) is 0 Å². The number of rotatable bonds is 3. The summed E-state index contributed by atoms with van der Waals surface area (Å²) in [6.07, 6.45) is 1.73. The van der Waals surface area contributed by atoms with E-state index in [9.17, 15) is 0 Å². The van der Waals surface area contributed by atoms with Crippen LogP contribution in [-0.2, 0) is 3.79 Å². The Balaban J connectivity index is 3.16. The second-order valence-electron chi connectivity index (χ2n) is 3.62. The van der Waals surface area contributed by atoms with Gasteiger partial charge in [0.1, 0.15) is 5.75 Å². The molecule has 0 saturated carbocycles. The molecule has 1 aromatic carbocycles. The Morgan fingerprint density at radius 1 is 1.31 bits per heavy atom. The van der Waals surface area contributed by atoms with Gasteiger partial charge in [-0.15, -0.1) is 0 Å². The largest absolute Gasteiger partial charge is 0.491 e. The molecule has 1 rings (SSSR count). The summed E-state index contributed by atoms with van der Waals surface area (Å²) in [5.41, 5.74) is 1.36. The van der Waals surface area contributed by atoms with E-state index in [1.165, 1.54) is 0 Å². The lowest BCUT2D eigenvalue weighted by molar-refractivity contribution is 0.242. The van der Waals surface area contributed by atoms with E-state index in [2.05, 4.69) is 6.58 Å². The van der Waals surface area contributed by atoms with Crippen LogP contribution in [0.1, 0.15) is 25.0 Å². The van der Waals surface area contributed by atoms with Gasteiger partial charge >= 0.3 is 0 Å². The van der Waals surface area contributed by atoms with E-state index in [1.807, 2.05) is 26.0 Å². The summed E-state index contributed by atoms with van der Waals surface area (Å²) in [6, 6.07) is 5.38. The van der Waals surface area contributed by atoms with E-state index in [0.29, 0.717) is 11.3 Å². The first kappa shape index (κ1) is 13.7. The molecule has 88 valence electrons. The maximum atomic E-state index is 5.88. The van der Waals surface area contributed by atoms with E-state index in [4.69, 9.17) is 39.5 Å². The third-order valence-electron chi connectivity index (χ3n) is 1.92. The lowest BCUT2D eigenvalue weighted by atomic mass is 10.1. The lowest BCUT2D eigenvalue weighted by Gasteiger charge is -2.17. The van der Waals surface area contributed by atoms with Gasteiger partial charge in [0.2, 0.25) is 3.79 Å². The first-order valence-electron chi connectivity index (χ1n) is 4.85. The molecule has 0 spiro atoms. The zero-order chi connectivity index (χ0) is 12.3. The highest BCUT2D eigenvalue weighted by atomic mass is 35.6. The second kappa shape index (κ2) is 5.31. The molecular formula is C12H13Cl3O. The molecule has 0 bridgehead atoms. The van der Waals surface area contributed by atoms with E-state index in [0.717, 1.165) is 5.56 Å². The van der Waals surface area contributed by atoms with Crippen molar-refractivity contribution in [3.05, 3.63) is 35.9 Å². The molecule has 0 N–H and O–H groups in total. The Bertz CT molecular complexity index is 380. The molecular weight excluding hydrogens is 266 g/mol. The van der Waals surface area contributed by atoms with Crippen LogP contribution >= 0.6 is 34.8 Å².